The number of carbonyl (C=O) groups excluding carboxylic acids is 2. The van der Waals surface area contributed by atoms with E-state index in [1.165, 1.54) is 6.07 Å². The molecule has 4 atom stereocenters. The summed E-state index contributed by atoms with van der Waals surface area (Å²) < 4.78 is 34.3. The molecule has 1 aliphatic heterocycles. The average molecular weight is 720 g/mol. The fourth-order valence-electron chi connectivity index (χ4n) is 8.58. The molecule has 4 aromatic rings. The number of likely N-dealkylation sites (tertiary alicyclic amines) is 1. The Morgan fingerprint density at radius 2 is 1.66 bits per heavy atom. The second-order valence-corrected chi connectivity index (χ2v) is 14.7. The molecule has 11 heteroatoms. The lowest BCUT2D eigenvalue weighted by Gasteiger charge is -2.49. The van der Waals surface area contributed by atoms with Gasteiger partial charge in [0.1, 0.15) is 36.1 Å². The van der Waals surface area contributed by atoms with E-state index in [2.05, 4.69) is 10.1 Å². The van der Waals surface area contributed by atoms with Gasteiger partial charge < -0.3 is 24.2 Å². The highest BCUT2D eigenvalue weighted by Gasteiger charge is 2.64. The van der Waals surface area contributed by atoms with Crippen LogP contribution in [-0.2, 0) is 19.6 Å². The summed E-state index contributed by atoms with van der Waals surface area (Å²) in [6.45, 7) is 2.84. The maximum absolute atomic E-state index is 16.2. The molecule has 0 amide bonds. The van der Waals surface area contributed by atoms with E-state index in [1.54, 1.807) is 25.1 Å². The number of aliphatic hydroxyl groups excluding tert-OH is 1. The molecule has 10 nitrogen and oxygen atoms in total. The van der Waals surface area contributed by atoms with Crippen molar-refractivity contribution in [3.63, 3.8) is 0 Å². The minimum Gasteiger partial charge on any atom is -0.508 e. The Morgan fingerprint density at radius 1 is 1.00 bits per heavy atom. The maximum atomic E-state index is 16.2. The largest absolute Gasteiger partial charge is 0.508 e. The molecule has 1 fully saturated rings. The minimum absolute atomic E-state index is 0.00780. The SMILES string of the molecule is CN(C)[C@@H]1c2onc(OCc3ccccc3)c2C(=O)[C@@]2(O)C(O)=C3C(=O)c4c(c(F)cc(/C=C/CN5CCCC5)c4OCc4ccccc4)CC3C[C@@H]12. The van der Waals surface area contributed by atoms with Gasteiger partial charge in [-0.3, -0.25) is 19.4 Å². The Hall–Kier alpha value is -5.10. The molecule has 0 spiro atoms. The second-order valence-electron chi connectivity index (χ2n) is 14.7. The van der Waals surface area contributed by atoms with E-state index in [4.69, 9.17) is 14.0 Å². The van der Waals surface area contributed by atoms with Crippen molar-refractivity contribution >= 4 is 17.6 Å². The fourth-order valence-corrected chi connectivity index (χ4v) is 8.58. The van der Waals surface area contributed by atoms with Gasteiger partial charge in [-0.25, -0.2) is 4.39 Å². The summed E-state index contributed by atoms with van der Waals surface area (Å²) in [6.07, 6.45) is 6.13. The van der Waals surface area contributed by atoms with E-state index < -0.39 is 46.6 Å². The number of aromatic nitrogens is 1. The lowest BCUT2D eigenvalue weighted by atomic mass is 9.58. The third kappa shape index (κ3) is 6.06. The van der Waals surface area contributed by atoms with Crippen LogP contribution in [0.4, 0.5) is 4.39 Å². The number of carbonyl (C=O) groups is 2. The van der Waals surface area contributed by atoms with Crippen LogP contribution in [0.3, 0.4) is 0 Å². The number of benzene rings is 3. The Labute approximate surface area is 307 Å². The van der Waals surface area contributed by atoms with Crippen LogP contribution in [0.5, 0.6) is 11.6 Å². The van der Waals surface area contributed by atoms with Gasteiger partial charge in [-0.15, -0.1) is 0 Å². The smallest absolute Gasteiger partial charge is 0.265 e. The maximum Gasteiger partial charge on any atom is 0.265 e. The van der Waals surface area contributed by atoms with Crippen LogP contribution in [-0.4, -0.2) is 76.1 Å². The van der Waals surface area contributed by atoms with E-state index in [1.807, 2.05) is 66.7 Å². The zero-order chi connectivity index (χ0) is 36.9. The molecule has 8 rings (SSSR count). The highest BCUT2D eigenvalue weighted by atomic mass is 19.1. The number of hydrogen-bond acceptors (Lipinski definition) is 10. The lowest BCUT2D eigenvalue weighted by molar-refractivity contribution is -0.0559. The van der Waals surface area contributed by atoms with Gasteiger partial charge in [-0.2, -0.15) is 0 Å². The molecule has 2 heterocycles. The van der Waals surface area contributed by atoms with Crippen LogP contribution in [0.15, 0.2) is 88.7 Å². The van der Waals surface area contributed by atoms with Gasteiger partial charge in [0, 0.05) is 29.2 Å². The standard InChI is InChI=1S/C42H42FN3O7/c1-45(2)35-30-21-28-20-29-31(43)22-27(16-11-19-46-17-9-10-18-46)37(51-23-25-12-5-3-6-13-25)33(29)36(47)32(28)39(48)42(30,50)40(49)34-38(35)53-44-41(34)52-24-26-14-7-4-8-15-26/h3-8,11-16,22,28,30,35,48,50H,9-10,17-21,23-24H2,1-2H3/b16-11+/t28?,30-,35-,42-/m0/s1. The molecule has 4 aliphatic rings. The number of ketones is 2. The van der Waals surface area contributed by atoms with Gasteiger partial charge in [-0.05, 0) is 81.1 Å². The van der Waals surface area contributed by atoms with Crippen molar-refractivity contribution < 1.29 is 38.2 Å². The molecule has 2 N–H and O–H groups in total. The number of halogens is 1. The molecule has 3 aromatic carbocycles. The number of hydrogen-bond donors (Lipinski definition) is 2. The molecule has 53 heavy (non-hydrogen) atoms. The minimum atomic E-state index is -2.51. The van der Waals surface area contributed by atoms with Crippen molar-refractivity contribution in [1.82, 2.24) is 15.0 Å². The molecule has 1 aromatic heterocycles. The van der Waals surface area contributed by atoms with E-state index in [0.717, 1.165) is 37.1 Å². The Balaban J connectivity index is 1.20. The predicted molar refractivity (Wildman–Crippen MR) is 194 cm³/mol. The molecular weight excluding hydrogens is 677 g/mol. The van der Waals surface area contributed by atoms with Crippen LogP contribution in [0.2, 0.25) is 0 Å². The monoisotopic (exact) mass is 719 g/mol. The zero-order valence-electron chi connectivity index (χ0n) is 29.8. The van der Waals surface area contributed by atoms with Crippen molar-refractivity contribution in [2.45, 2.75) is 50.5 Å². The first-order chi connectivity index (χ1) is 25.7. The van der Waals surface area contributed by atoms with Crippen molar-refractivity contribution in [2.24, 2.45) is 11.8 Å². The first-order valence-corrected chi connectivity index (χ1v) is 18.2. The van der Waals surface area contributed by atoms with Gasteiger partial charge in [0.05, 0.1) is 11.6 Å². The number of ether oxygens (including phenoxy) is 2. The van der Waals surface area contributed by atoms with Crippen LogP contribution in [0, 0.1) is 17.7 Å². The summed E-state index contributed by atoms with van der Waals surface area (Å²) in [5, 5.41) is 28.7. The molecule has 0 bridgehead atoms. The van der Waals surface area contributed by atoms with Crippen molar-refractivity contribution in [2.75, 3.05) is 33.7 Å². The van der Waals surface area contributed by atoms with E-state index in [0.29, 0.717) is 12.1 Å². The summed E-state index contributed by atoms with van der Waals surface area (Å²) in [5.41, 5.74) is -0.457. The van der Waals surface area contributed by atoms with Gasteiger partial charge in [-0.1, -0.05) is 72.8 Å². The molecule has 1 saturated heterocycles. The number of rotatable bonds is 10. The third-order valence-corrected chi connectivity index (χ3v) is 11.2. The number of allylic oxidation sites excluding steroid dienone is 1. The van der Waals surface area contributed by atoms with Crippen molar-refractivity contribution in [3.8, 4) is 11.6 Å². The van der Waals surface area contributed by atoms with Crippen LogP contribution < -0.4 is 9.47 Å². The van der Waals surface area contributed by atoms with Crippen LogP contribution in [0.25, 0.3) is 6.08 Å². The fraction of sp³-hybridized carbons (Fsp3) is 0.357. The highest BCUT2D eigenvalue weighted by Crippen LogP contribution is 2.56. The van der Waals surface area contributed by atoms with Crippen molar-refractivity contribution in [3.05, 3.63) is 129 Å². The second kappa shape index (κ2) is 14.0. The van der Waals surface area contributed by atoms with E-state index >= 15 is 4.39 Å². The number of aliphatic hydroxyl groups is 2. The quantitative estimate of drug-likeness (QED) is 0.188. The molecule has 0 radical (unpaired) electrons. The predicted octanol–water partition coefficient (Wildman–Crippen LogP) is 6.50. The van der Waals surface area contributed by atoms with Gasteiger partial charge >= 0.3 is 0 Å². The highest BCUT2D eigenvalue weighted by molar-refractivity contribution is 6.16. The molecule has 0 saturated carbocycles. The van der Waals surface area contributed by atoms with Crippen LogP contribution in [0.1, 0.15) is 74.0 Å². The first-order valence-electron chi connectivity index (χ1n) is 18.2. The number of nitrogens with zero attached hydrogens (tertiary/aromatic N) is 3. The average Bonchev–Trinajstić information content (AvgIpc) is 3.83. The molecular formula is C42H42FN3O7. The van der Waals surface area contributed by atoms with Gasteiger partial charge in [0.2, 0.25) is 5.78 Å². The summed E-state index contributed by atoms with van der Waals surface area (Å²) in [6, 6.07) is 19.4. The Kier molecular flexibility index (Phi) is 9.26. The normalized spacial score (nSPS) is 24.0. The molecule has 1 unspecified atom stereocenters. The first kappa shape index (κ1) is 35.0. The topological polar surface area (TPSA) is 126 Å². The molecule has 3 aliphatic carbocycles. The van der Waals surface area contributed by atoms with Gasteiger partial charge in [0.15, 0.2) is 17.1 Å². The summed E-state index contributed by atoms with van der Waals surface area (Å²) in [5.74, 6) is -4.20. The van der Waals surface area contributed by atoms with Crippen LogP contribution >= 0.6 is 0 Å². The summed E-state index contributed by atoms with van der Waals surface area (Å²) >= 11 is 0. The third-order valence-electron chi connectivity index (χ3n) is 11.2. The number of Topliss-reactive ketones (excluding diaryl/α,β-unsaturated/α-hetero) is 2. The van der Waals surface area contributed by atoms with E-state index in [9.17, 15) is 19.8 Å². The van der Waals surface area contributed by atoms with Crippen molar-refractivity contribution in [1.29, 1.82) is 0 Å². The lowest BCUT2D eigenvalue weighted by Crippen LogP contribution is -2.59. The zero-order valence-corrected chi connectivity index (χ0v) is 29.8. The number of fused-ring (bicyclic) bond motifs is 4. The Bertz CT molecular complexity index is 2110. The van der Waals surface area contributed by atoms with E-state index in [-0.39, 0.29) is 65.7 Å². The van der Waals surface area contributed by atoms with Gasteiger partial charge in [0.25, 0.3) is 5.88 Å². The summed E-state index contributed by atoms with van der Waals surface area (Å²) in [4.78, 5) is 33.3. The molecule has 274 valence electrons. The summed E-state index contributed by atoms with van der Waals surface area (Å²) in [7, 11) is 3.54. The Morgan fingerprint density at radius 3 is 2.32 bits per heavy atom.